The van der Waals surface area contributed by atoms with Crippen LogP contribution in [0.1, 0.15) is 10.4 Å². The second-order valence-corrected chi connectivity index (χ2v) is 5.56. The average molecular weight is 278 g/mol. The van der Waals surface area contributed by atoms with Gasteiger partial charge in [-0.2, -0.15) is 5.10 Å². The average Bonchev–Trinajstić information content (AvgIpc) is 3.00. The first-order valence-corrected chi connectivity index (χ1v) is 6.88. The molecule has 0 saturated heterocycles. The minimum atomic E-state index is 0.781. The summed E-state index contributed by atoms with van der Waals surface area (Å²) in [6.07, 6.45) is 3.71. The van der Waals surface area contributed by atoms with Gasteiger partial charge in [-0.15, -0.1) is 11.3 Å². The van der Waals surface area contributed by atoms with Crippen molar-refractivity contribution >= 4 is 33.0 Å². The standard InChI is InChI=1S/C13H12ClN3S/c14-13-10-3-1-2-4-11(10)18-12(13)8-15-5-9-6-16-17-7-9/h1-4,6-7,15H,5,8H2,(H,16,17). The van der Waals surface area contributed by atoms with E-state index in [-0.39, 0.29) is 0 Å². The Bertz CT molecular complexity index is 645. The van der Waals surface area contributed by atoms with E-state index in [2.05, 4.69) is 27.6 Å². The van der Waals surface area contributed by atoms with Gasteiger partial charge in [0, 0.05) is 39.8 Å². The molecule has 0 amide bonds. The first kappa shape index (κ1) is 11.7. The Morgan fingerprint density at radius 1 is 1.28 bits per heavy atom. The summed E-state index contributed by atoms with van der Waals surface area (Å²) in [6.45, 7) is 1.57. The minimum absolute atomic E-state index is 0.781. The third kappa shape index (κ3) is 2.27. The molecular weight excluding hydrogens is 266 g/mol. The number of nitrogens with one attached hydrogen (secondary N) is 2. The van der Waals surface area contributed by atoms with Crippen LogP contribution in [-0.4, -0.2) is 10.2 Å². The van der Waals surface area contributed by atoms with E-state index >= 15 is 0 Å². The lowest BCUT2D eigenvalue weighted by Gasteiger charge is -2.00. The van der Waals surface area contributed by atoms with Gasteiger partial charge >= 0.3 is 0 Å². The third-order valence-corrected chi connectivity index (χ3v) is 4.49. The Labute approximate surface area is 114 Å². The smallest absolute Gasteiger partial charge is 0.0636 e. The van der Waals surface area contributed by atoms with Gasteiger partial charge in [0.15, 0.2) is 0 Å². The molecule has 0 aliphatic carbocycles. The number of fused-ring (bicyclic) bond motifs is 1. The second kappa shape index (κ2) is 5.10. The Morgan fingerprint density at radius 2 is 2.17 bits per heavy atom. The molecule has 2 N–H and O–H groups in total. The second-order valence-electron chi connectivity index (χ2n) is 4.05. The van der Waals surface area contributed by atoms with Gasteiger partial charge in [0.25, 0.3) is 0 Å². The number of H-pyrrole nitrogens is 1. The van der Waals surface area contributed by atoms with Crippen LogP contribution in [0.15, 0.2) is 36.7 Å². The fraction of sp³-hybridized carbons (Fsp3) is 0.154. The first-order valence-electron chi connectivity index (χ1n) is 5.69. The largest absolute Gasteiger partial charge is 0.308 e. The van der Waals surface area contributed by atoms with Crippen molar-refractivity contribution in [3.05, 3.63) is 52.1 Å². The number of thiophene rings is 1. The molecule has 0 radical (unpaired) electrons. The summed E-state index contributed by atoms with van der Waals surface area (Å²) in [5.41, 5.74) is 1.15. The van der Waals surface area contributed by atoms with Crippen molar-refractivity contribution in [2.75, 3.05) is 0 Å². The molecule has 0 unspecified atom stereocenters. The lowest BCUT2D eigenvalue weighted by molar-refractivity contribution is 0.701. The molecule has 0 bridgehead atoms. The van der Waals surface area contributed by atoms with Crippen molar-refractivity contribution in [3.8, 4) is 0 Å². The number of hydrogen-bond donors (Lipinski definition) is 2. The molecule has 5 heteroatoms. The maximum Gasteiger partial charge on any atom is 0.0636 e. The molecule has 0 fully saturated rings. The fourth-order valence-corrected chi connectivity index (χ4v) is 3.34. The van der Waals surface area contributed by atoms with Crippen molar-refractivity contribution in [1.82, 2.24) is 15.5 Å². The van der Waals surface area contributed by atoms with Crippen LogP contribution >= 0.6 is 22.9 Å². The molecule has 92 valence electrons. The van der Waals surface area contributed by atoms with E-state index < -0.39 is 0 Å². The van der Waals surface area contributed by atoms with Crippen LogP contribution in [0, 0.1) is 0 Å². The summed E-state index contributed by atoms with van der Waals surface area (Å²) in [4.78, 5) is 1.18. The molecule has 3 rings (SSSR count). The highest BCUT2D eigenvalue weighted by Crippen LogP contribution is 2.34. The van der Waals surface area contributed by atoms with Crippen molar-refractivity contribution in [3.63, 3.8) is 0 Å². The highest BCUT2D eigenvalue weighted by atomic mass is 35.5. The van der Waals surface area contributed by atoms with Gasteiger partial charge in [-0.1, -0.05) is 29.8 Å². The Hall–Kier alpha value is -1.36. The van der Waals surface area contributed by atoms with Crippen LogP contribution in [0.3, 0.4) is 0 Å². The highest BCUT2D eigenvalue weighted by molar-refractivity contribution is 7.19. The molecule has 0 atom stereocenters. The molecular formula is C13H12ClN3S. The molecule has 0 aliphatic heterocycles. The van der Waals surface area contributed by atoms with Crippen LogP contribution in [0.25, 0.3) is 10.1 Å². The van der Waals surface area contributed by atoms with Crippen LogP contribution in [0.4, 0.5) is 0 Å². The van der Waals surface area contributed by atoms with Gasteiger partial charge in [0.1, 0.15) is 0 Å². The Balaban J connectivity index is 1.73. The number of hydrogen-bond acceptors (Lipinski definition) is 3. The van der Waals surface area contributed by atoms with E-state index in [4.69, 9.17) is 11.6 Å². The monoisotopic (exact) mass is 277 g/mol. The Kier molecular flexibility index (Phi) is 3.32. The van der Waals surface area contributed by atoms with Gasteiger partial charge in [-0.3, -0.25) is 5.10 Å². The van der Waals surface area contributed by atoms with E-state index in [9.17, 15) is 0 Å². The number of aromatic amines is 1. The molecule has 3 nitrogen and oxygen atoms in total. The van der Waals surface area contributed by atoms with Crippen LogP contribution in [-0.2, 0) is 13.1 Å². The van der Waals surface area contributed by atoms with Gasteiger partial charge in [-0.25, -0.2) is 0 Å². The summed E-state index contributed by atoms with van der Waals surface area (Å²) < 4.78 is 1.24. The zero-order valence-electron chi connectivity index (χ0n) is 9.61. The molecule has 1 aromatic carbocycles. The number of rotatable bonds is 4. The predicted molar refractivity (Wildman–Crippen MR) is 76.0 cm³/mol. The third-order valence-electron chi connectivity index (χ3n) is 2.77. The first-order chi connectivity index (χ1) is 8.84. The lowest BCUT2D eigenvalue weighted by Crippen LogP contribution is -2.11. The molecule has 18 heavy (non-hydrogen) atoms. The van der Waals surface area contributed by atoms with Crippen molar-refractivity contribution < 1.29 is 0 Å². The quantitative estimate of drug-likeness (QED) is 0.765. The fourth-order valence-electron chi connectivity index (χ4n) is 1.87. The Morgan fingerprint density at radius 3 is 2.94 bits per heavy atom. The van der Waals surface area contributed by atoms with Gasteiger partial charge < -0.3 is 5.32 Å². The molecule has 3 aromatic rings. The van der Waals surface area contributed by atoms with Gasteiger partial charge in [0.05, 0.1) is 11.2 Å². The zero-order chi connectivity index (χ0) is 12.4. The molecule has 0 spiro atoms. The van der Waals surface area contributed by atoms with E-state index in [0.29, 0.717) is 0 Å². The highest BCUT2D eigenvalue weighted by Gasteiger charge is 2.09. The summed E-state index contributed by atoms with van der Waals surface area (Å²) in [5.74, 6) is 0. The lowest BCUT2D eigenvalue weighted by atomic mass is 10.2. The molecule has 0 aliphatic rings. The van der Waals surface area contributed by atoms with Crippen molar-refractivity contribution in [2.24, 2.45) is 0 Å². The van der Waals surface area contributed by atoms with Crippen LogP contribution in [0.5, 0.6) is 0 Å². The van der Waals surface area contributed by atoms with Gasteiger partial charge in [0.2, 0.25) is 0 Å². The van der Waals surface area contributed by atoms with Crippen LogP contribution in [0.2, 0.25) is 5.02 Å². The number of benzene rings is 1. The molecule has 2 aromatic heterocycles. The van der Waals surface area contributed by atoms with E-state index in [0.717, 1.165) is 29.1 Å². The van der Waals surface area contributed by atoms with Crippen LogP contribution < -0.4 is 5.32 Å². The minimum Gasteiger partial charge on any atom is -0.308 e. The summed E-state index contributed by atoms with van der Waals surface area (Å²) in [5, 5.41) is 12.1. The topological polar surface area (TPSA) is 40.7 Å². The SMILES string of the molecule is Clc1c(CNCc2cn[nH]c2)sc2ccccc12. The maximum atomic E-state index is 6.37. The summed E-state index contributed by atoms with van der Waals surface area (Å²) in [7, 11) is 0. The number of nitrogens with zero attached hydrogens (tertiary/aromatic N) is 1. The number of aromatic nitrogens is 2. The van der Waals surface area contributed by atoms with Crippen molar-refractivity contribution in [1.29, 1.82) is 0 Å². The molecule has 0 saturated carbocycles. The molecule has 2 heterocycles. The summed E-state index contributed by atoms with van der Waals surface area (Å²) in [6, 6.07) is 8.22. The van der Waals surface area contributed by atoms with E-state index in [1.807, 2.05) is 24.5 Å². The maximum absolute atomic E-state index is 6.37. The summed E-state index contributed by atoms with van der Waals surface area (Å²) >= 11 is 8.11. The number of halogens is 1. The predicted octanol–water partition coefficient (Wildman–Crippen LogP) is 3.57. The zero-order valence-corrected chi connectivity index (χ0v) is 11.2. The van der Waals surface area contributed by atoms with Crippen molar-refractivity contribution in [2.45, 2.75) is 13.1 Å². The normalized spacial score (nSPS) is 11.2. The van der Waals surface area contributed by atoms with Gasteiger partial charge in [-0.05, 0) is 6.07 Å². The van der Waals surface area contributed by atoms with E-state index in [1.54, 1.807) is 11.3 Å². The van der Waals surface area contributed by atoms with E-state index in [1.165, 1.54) is 9.58 Å².